The van der Waals surface area contributed by atoms with Crippen molar-refractivity contribution in [3.05, 3.63) is 35.9 Å². The van der Waals surface area contributed by atoms with Crippen molar-refractivity contribution in [3.63, 3.8) is 0 Å². The summed E-state index contributed by atoms with van der Waals surface area (Å²) >= 11 is 0. The Morgan fingerprint density at radius 1 is 1.37 bits per heavy atom. The van der Waals surface area contributed by atoms with Crippen molar-refractivity contribution in [1.29, 1.82) is 0 Å². The van der Waals surface area contributed by atoms with Gasteiger partial charge in [-0.25, -0.2) is 0 Å². The van der Waals surface area contributed by atoms with E-state index in [2.05, 4.69) is 5.32 Å². The number of Topliss-reactive ketones (excluding diaryl/α,β-unsaturated/α-hetero) is 2. The van der Waals surface area contributed by atoms with E-state index >= 15 is 0 Å². The molecule has 0 amide bonds. The zero-order valence-electron chi connectivity index (χ0n) is 10.7. The van der Waals surface area contributed by atoms with Crippen molar-refractivity contribution in [2.45, 2.75) is 19.0 Å². The van der Waals surface area contributed by atoms with Gasteiger partial charge in [-0.2, -0.15) is 0 Å². The third-order valence-corrected chi connectivity index (χ3v) is 3.46. The highest BCUT2D eigenvalue weighted by molar-refractivity contribution is 6.59. The molecule has 0 aliphatic carbocycles. The van der Waals surface area contributed by atoms with Crippen molar-refractivity contribution >= 4 is 17.9 Å². The van der Waals surface area contributed by atoms with Crippen LogP contribution in [0.4, 0.5) is 0 Å². The largest absolute Gasteiger partial charge is 0.302 e. The number of carbonyl (C=O) groups excluding carboxylic acids is 3. The first-order valence-electron chi connectivity index (χ1n) is 6.20. The van der Waals surface area contributed by atoms with Crippen molar-refractivity contribution in [1.82, 2.24) is 10.2 Å². The molecule has 2 atom stereocenters. The van der Waals surface area contributed by atoms with Crippen molar-refractivity contribution in [2.75, 3.05) is 13.2 Å². The van der Waals surface area contributed by atoms with Crippen molar-refractivity contribution < 1.29 is 14.4 Å². The number of hydrogen-bond donors (Lipinski definition) is 1. The number of rotatable bonds is 5. The second-order valence-electron chi connectivity index (χ2n) is 4.58. The van der Waals surface area contributed by atoms with E-state index in [0.717, 1.165) is 5.56 Å². The molecular formula is C14H16N2O3. The van der Waals surface area contributed by atoms with Gasteiger partial charge in [-0.05, 0) is 12.5 Å². The predicted octanol–water partition coefficient (Wildman–Crippen LogP) is 0.316. The van der Waals surface area contributed by atoms with Gasteiger partial charge in [0.25, 0.3) is 5.78 Å². The lowest BCUT2D eigenvalue weighted by molar-refractivity contribution is -0.142. The van der Waals surface area contributed by atoms with E-state index < -0.39 is 17.6 Å². The van der Waals surface area contributed by atoms with E-state index in [9.17, 15) is 14.4 Å². The van der Waals surface area contributed by atoms with Crippen LogP contribution in [0.15, 0.2) is 30.3 Å². The Morgan fingerprint density at radius 3 is 2.68 bits per heavy atom. The van der Waals surface area contributed by atoms with Crippen LogP contribution in [0.1, 0.15) is 18.5 Å². The molecular weight excluding hydrogens is 244 g/mol. The Kier molecular flexibility index (Phi) is 4.19. The van der Waals surface area contributed by atoms with Crippen LogP contribution in [0.3, 0.4) is 0 Å². The summed E-state index contributed by atoms with van der Waals surface area (Å²) < 4.78 is 0. The molecule has 1 heterocycles. The van der Waals surface area contributed by atoms with Gasteiger partial charge in [0.1, 0.15) is 0 Å². The molecule has 1 unspecified atom stereocenters. The fourth-order valence-corrected chi connectivity index (χ4v) is 2.35. The molecule has 1 aliphatic heterocycles. The first-order chi connectivity index (χ1) is 9.15. The van der Waals surface area contributed by atoms with Crippen LogP contribution in [0, 0.1) is 0 Å². The smallest absolute Gasteiger partial charge is 0.262 e. The van der Waals surface area contributed by atoms with Crippen LogP contribution in [0.5, 0.6) is 0 Å². The highest BCUT2D eigenvalue weighted by Gasteiger charge is 2.36. The van der Waals surface area contributed by atoms with Gasteiger partial charge in [0.05, 0.1) is 6.04 Å². The van der Waals surface area contributed by atoms with Gasteiger partial charge in [0.2, 0.25) is 5.78 Å². The summed E-state index contributed by atoms with van der Waals surface area (Å²) in [5, 5.41) is 3.07. The van der Waals surface area contributed by atoms with Gasteiger partial charge in [0.15, 0.2) is 6.29 Å². The molecule has 0 spiro atoms. The van der Waals surface area contributed by atoms with Crippen LogP contribution >= 0.6 is 0 Å². The Hall–Kier alpha value is -1.85. The van der Waals surface area contributed by atoms with Crippen molar-refractivity contribution in [3.8, 4) is 0 Å². The predicted molar refractivity (Wildman–Crippen MR) is 69.4 cm³/mol. The lowest BCUT2D eigenvalue weighted by atomic mass is 10.0. The van der Waals surface area contributed by atoms with Gasteiger partial charge in [0, 0.05) is 19.3 Å². The summed E-state index contributed by atoms with van der Waals surface area (Å²) in [7, 11) is 0. The van der Waals surface area contributed by atoms with E-state index in [-0.39, 0.29) is 12.3 Å². The highest BCUT2D eigenvalue weighted by Crippen LogP contribution is 2.24. The van der Waals surface area contributed by atoms with E-state index in [1.54, 1.807) is 0 Å². The number of aldehydes is 1. The van der Waals surface area contributed by atoms with Crippen LogP contribution in [0.25, 0.3) is 0 Å². The Bertz CT molecular complexity index is 487. The Morgan fingerprint density at radius 2 is 2.05 bits per heavy atom. The number of ketones is 2. The monoisotopic (exact) mass is 260 g/mol. The average molecular weight is 260 g/mol. The fraction of sp³-hybridized carbons (Fsp3) is 0.357. The van der Waals surface area contributed by atoms with E-state index in [4.69, 9.17) is 0 Å². The number of nitrogens with one attached hydrogen (secondary N) is 1. The number of carbonyl (C=O) groups is 3. The maximum atomic E-state index is 11.9. The maximum absolute atomic E-state index is 11.9. The molecule has 1 aromatic carbocycles. The summed E-state index contributed by atoms with van der Waals surface area (Å²) in [4.78, 5) is 35.4. The summed E-state index contributed by atoms with van der Waals surface area (Å²) in [5.74, 6) is -1.60. The standard InChI is InChI=1S/C14H16N2O3/c1-10(11-5-3-2-4-6-11)16-9-15-7-12(16)14(19)13(18)8-17/h2-6,8,10,12,15H,7,9H2,1H3/t10-,12?/m0/s1. The molecule has 1 saturated heterocycles. The van der Waals surface area contributed by atoms with E-state index in [0.29, 0.717) is 13.2 Å². The quantitative estimate of drug-likeness (QED) is 0.469. The fourth-order valence-electron chi connectivity index (χ4n) is 2.35. The third kappa shape index (κ3) is 2.77. The molecule has 19 heavy (non-hydrogen) atoms. The van der Waals surface area contributed by atoms with Gasteiger partial charge in [-0.3, -0.25) is 19.3 Å². The molecule has 5 heteroatoms. The van der Waals surface area contributed by atoms with Crippen LogP contribution in [-0.4, -0.2) is 42.0 Å². The minimum atomic E-state index is -0.959. The second kappa shape index (κ2) is 5.86. The van der Waals surface area contributed by atoms with Crippen LogP contribution in [-0.2, 0) is 14.4 Å². The normalized spacial score (nSPS) is 21.0. The van der Waals surface area contributed by atoms with Crippen LogP contribution < -0.4 is 5.32 Å². The minimum Gasteiger partial charge on any atom is -0.302 e. The van der Waals surface area contributed by atoms with Gasteiger partial charge in [-0.15, -0.1) is 0 Å². The molecule has 100 valence electrons. The average Bonchev–Trinajstić information content (AvgIpc) is 2.95. The molecule has 2 rings (SSSR count). The molecule has 0 saturated carbocycles. The number of hydrogen-bond acceptors (Lipinski definition) is 5. The van der Waals surface area contributed by atoms with Crippen LogP contribution in [0.2, 0.25) is 0 Å². The molecule has 1 fully saturated rings. The second-order valence-corrected chi connectivity index (χ2v) is 4.58. The molecule has 0 aromatic heterocycles. The highest BCUT2D eigenvalue weighted by atomic mass is 16.2. The Balaban J connectivity index is 2.17. The number of benzene rings is 1. The molecule has 1 aliphatic rings. The molecule has 5 nitrogen and oxygen atoms in total. The lowest BCUT2D eigenvalue weighted by Gasteiger charge is -2.28. The van der Waals surface area contributed by atoms with Gasteiger partial charge < -0.3 is 5.32 Å². The topological polar surface area (TPSA) is 66.5 Å². The van der Waals surface area contributed by atoms with E-state index in [1.807, 2.05) is 42.2 Å². The summed E-state index contributed by atoms with van der Waals surface area (Å²) in [5.41, 5.74) is 1.07. The zero-order valence-corrected chi connectivity index (χ0v) is 10.7. The first-order valence-corrected chi connectivity index (χ1v) is 6.20. The molecule has 1 N–H and O–H groups in total. The Labute approximate surface area is 111 Å². The zero-order chi connectivity index (χ0) is 13.8. The van der Waals surface area contributed by atoms with Gasteiger partial charge >= 0.3 is 0 Å². The summed E-state index contributed by atoms with van der Waals surface area (Å²) in [6.07, 6.45) is 0.0893. The summed E-state index contributed by atoms with van der Waals surface area (Å²) in [6, 6.07) is 9.19. The maximum Gasteiger partial charge on any atom is 0.262 e. The van der Waals surface area contributed by atoms with Gasteiger partial charge in [-0.1, -0.05) is 30.3 Å². The molecule has 1 aromatic rings. The minimum absolute atomic E-state index is 0.00426. The van der Waals surface area contributed by atoms with Crippen molar-refractivity contribution in [2.24, 2.45) is 0 Å². The first kappa shape index (κ1) is 13.6. The molecule has 0 bridgehead atoms. The third-order valence-electron chi connectivity index (χ3n) is 3.46. The summed E-state index contributed by atoms with van der Waals surface area (Å²) in [6.45, 7) is 2.90. The number of nitrogens with zero attached hydrogens (tertiary/aromatic N) is 1. The molecule has 0 radical (unpaired) electrons. The lowest BCUT2D eigenvalue weighted by Crippen LogP contribution is -2.43. The van der Waals surface area contributed by atoms with E-state index in [1.165, 1.54) is 0 Å². The SMILES string of the molecule is C[C@@H](c1ccccc1)N1CNCC1C(=O)C(=O)C=O.